The van der Waals surface area contributed by atoms with E-state index in [4.69, 9.17) is 9.72 Å². The minimum absolute atomic E-state index is 0.0607. The smallest absolute Gasteiger partial charge is 0.151 e. The number of piperazine rings is 1. The van der Waals surface area contributed by atoms with Gasteiger partial charge in [-0.05, 0) is 82.6 Å². The predicted molar refractivity (Wildman–Crippen MR) is 147 cm³/mol. The standard InChI is InChI=1S/C28H38N6O/c1-7-32(8-2)23-11-14-25(21(3)17-23)30-26-18-29-19-27(31-26)33-15-16-34(28(4,5)20-33)22-9-12-24(35-6)13-10-22/h9-14,17-19H,7-8,15-16,20H2,1-6H3,(H,30,31). The van der Waals surface area contributed by atoms with Crippen molar-refractivity contribution in [1.82, 2.24) is 9.97 Å². The van der Waals surface area contributed by atoms with Crippen molar-refractivity contribution in [1.29, 1.82) is 0 Å². The monoisotopic (exact) mass is 474 g/mol. The second kappa shape index (κ2) is 10.4. The SMILES string of the molecule is CCN(CC)c1ccc(Nc2cncc(N3CCN(c4ccc(OC)cc4)C(C)(C)C3)n2)c(C)c1. The summed E-state index contributed by atoms with van der Waals surface area (Å²) in [6, 6.07) is 14.8. The third-order valence-corrected chi connectivity index (χ3v) is 6.83. The quantitative estimate of drug-likeness (QED) is 0.463. The van der Waals surface area contributed by atoms with Gasteiger partial charge in [-0.25, -0.2) is 4.98 Å². The fourth-order valence-electron chi connectivity index (χ4n) is 4.87. The molecule has 1 saturated heterocycles. The third-order valence-electron chi connectivity index (χ3n) is 6.83. The zero-order valence-corrected chi connectivity index (χ0v) is 21.9. The highest BCUT2D eigenvalue weighted by molar-refractivity contribution is 5.66. The van der Waals surface area contributed by atoms with E-state index < -0.39 is 0 Å². The van der Waals surface area contributed by atoms with Gasteiger partial charge >= 0.3 is 0 Å². The molecule has 0 atom stereocenters. The third kappa shape index (κ3) is 5.45. The maximum absolute atomic E-state index is 5.32. The number of benzene rings is 2. The van der Waals surface area contributed by atoms with Crippen LogP contribution in [0.1, 0.15) is 33.3 Å². The Balaban J connectivity index is 1.47. The van der Waals surface area contributed by atoms with E-state index in [1.807, 2.05) is 18.3 Å². The Hall–Kier alpha value is -3.48. The minimum atomic E-state index is -0.0607. The van der Waals surface area contributed by atoms with Crippen LogP contribution < -0.4 is 24.8 Å². The predicted octanol–water partition coefficient (Wildman–Crippen LogP) is 5.49. The average molecular weight is 475 g/mol. The Morgan fingerprint density at radius 1 is 1.03 bits per heavy atom. The van der Waals surface area contributed by atoms with E-state index in [2.05, 4.69) is 90.0 Å². The van der Waals surface area contributed by atoms with Gasteiger partial charge in [0.1, 0.15) is 11.6 Å². The Bertz CT molecular complexity index is 1130. The summed E-state index contributed by atoms with van der Waals surface area (Å²) in [6.45, 7) is 15.7. The highest BCUT2D eigenvalue weighted by atomic mass is 16.5. The molecule has 35 heavy (non-hydrogen) atoms. The van der Waals surface area contributed by atoms with Gasteiger partial charge in [0.15, 0.2) is 5.82 Å². The molecule has 0 saturated carbocycles. The summed E-state index contributed by atoms with van der Waals surface area (Å²) in [5.74, 6) is 2.54. The van der Waals surface area contributed by atoms with Crippen LogP contribution in [0.2, 0.25) is 0 Å². The van der Waals surface area contributed by atoms with Gasteiger partial charge in [0.05, 0.1) is 25.0 Å². The van der Waals surface area contributed by atoms with Gasteiger partial charge in [-0.2, -0.15) is 0 Å². The van der Waals surface area contributed by atoms with E-state index in [-0.39, 0.29) is 5.54 Å². The number of rotatable bonds is 8. The van der Waals surface area contributed by atoms with Gasteiger partial charge in [-0.1, -0.05) is 0 Å². The Morgan fingerprint density at radius 3 is 2.40 bits per heavy atom. The normalized spacial score (nSPS) is 15.1. The molecule has 2 heterocycles. The van der Waals surface area contributed by atoms with Crippen molar-refractivity contribution in [3.05, 3.63) is 60.4 Å². The molecule has 0 amide bonds. The first-order valence-electron chi connectivity index (χ1n) is 12.5. The van der Waals surface area contributed by atoms with Crippen LogP contribution in [-0.2, 0) is 0 Å². The van der Waals surface area contributed by atoms with E-state index in [9.17, 15) is 0 Å². The highest BCUT2D eigenvalue weighted by Crippen LogP contribution is 2.31. The molecule has 3 aromatic rings. The van der Waals surface area contributed by atoms with E-state index in [0.717, 1.165) is 55.8 Å². The number of ether oxygens (including phenoxy) is 1. The van der Waals surface area contributed by atoms with E-state index in [1.54, 1.807) is 13.3 Å². The Labute approximate surface area is 209 Å². The van der Waals surface area contributed by atoms with Crippen molar-refractivity contribution in [2.24, 2.45) is 0 Å². The summed E-state index contributed by atoms with van der Waals surface area (Å²) in [6.07, 6.45) is 3.65. The van der Waals surface area contributed by atoms with Crippen LogP contribution in [0.5, 0.6) is 5.75 Å². The molecule has 7 nitrogen and oxygen atoms in total. The van der Waals surface area contributed by atoms with Crippen molar-refractivity contribution < 1.29 is 4.74 Å². The van der Waals surface area contributed by atoms with Crippen LogP contribution in [0.25, 0.3) is 0 Å². The van der Waals surface area contributed by atoms with Crippen molar-refractivity contribution >= 4 is 28.7 Å². The molecule has 1 aromatic heterocycles. The molecule has 7 heteroatoms. The van der Waals surface area contributed by atoms with Gasteiger partial charge < -0.3 is 24.8 Å². The summed E-state index contributed by atoms with van der Waals surface area (Å²) >= 11 is 0. The summed E-state index contributed by atoms with van der Waals surface area (Å²) in [5, 5.41) is 3.48. The number of nitrogens with one attached hydrogen (secondary N) is 1. The van der Waals surface area contributed by atoms with Crippen molar-refractivity contribution in [2.45, 2.75) is 40.2 Å². The van der Waals surface area contributed by atoms with Gasteiger partial charge in [0.2, 0.25) is 0 Å². The largest absolute Gasteiger partial charge is 0.497 e. The minimum Gasteiger partial charge on any atom is -0.497 e. The first-order chi connectivity index (χ1) is 16.8. The van der Waals surface area contributed by atoms with Gasteiger partial charge in [-0.15, -0.1) is 0 Å². The molecular formula is C28H38N6O. The molecule has 0 bridgehead atoms. The van der Waals surface area contributed by atoms with Crippen LogP contribution in [0.15, 0.2) is 54.9 Å². The number of aryl methyl sites for hydroxylation is 1. The average Bonchev–Trinajstić information content (AvgIpc) is 2.86. The lowest BCUT2D eigenvalue weighted by molar-refractivity contribution is 0.409. The first kappa shape index (κ1) is 24.6. The molecule has 4 rings (SSSR count). The summed E-state index contributed by atoms with van der Waals surface area (Å²) in [7, 11) is 1.70. The number of hydrogen-bond donors (Lipinski definition) is 1. The second-order valence-electron chi connectivity index (χ2n) is 9.64. The van der Waals surface area contributed by atoms with Gasteiger partial charge in [0.25, 0.3) is 0 Å². The fraction of sp³-hybridized carbons (Fsp3) is 0.429. The van der Waals surface area contributed by atoms with Crippen molar-refractivity contribution in [3.8, 4) is 5.75 Å². The zero-order valence-electron chi connectivity index (χ0n) is 21.9. The second-order valence-corrected chi connectivity index (χ2v) is 9.64. The van der Waals surface area contributed by atoms with E-state index in [1.165, 1.54) is 16.9 Å². The molecule has 0 spiro atoms. The highest BCUT2D eigenvalue weighted by Gasteiger charge is 2.34. The Kier molecular flexibility index (Phi) is 7.34. The topological polar surface area (TPSA) is 56.8 Å². The van der Waals surface area contributed by atoms with Crippen molar-refractivity contribution in [3.63, 3.8) is 0 Å². The lowest BCUT2D eigenvalue weighted by atomic mass is 9.97. The lowest BCUT2D eigenvalue weighted by Crippen LogP contribution is -2.60. The molecule has 0 unspecified atom stereocenters. The molecule has 186 valence electrons. The van der Waals surface area contributed by atoms with Gasteiger partial charge in [-0.3, -0.25) is 4.98 Å². The molecule has 1 N–H and O–H groups in total. The van der Waals surface area contributed by atoms with Crippen LogP contribution in [0.4, 0.5) is 28.7 Å². The molecule has 0 aliphatic carbocycles. The molecule has 1 aliphatic rings. The maximum Gasteiger partial charge on any atom is 0.151 e. The fourth-order valence-corrected chi connectivity index (χ4v) is 4.87. The van der Waals surface area contributed by atoms with Crippen LogP contribution in [-0.4, -0.2) is 55.3 Å². The zero-order chi connectivity index (χ0) is 25.0. The van der Waals surface area contributed by atoms with Crippen LogP contribution >= 0.6 is 0 Å². The number of anilines is 5. The summed E-state index contributed by atoms with van der Waals surface area (Å²) < 4.78 is 5.32. The van der Waals surface area contributed by atoms with Crippen molar-refractivity contribution in [2.75, 3.05) is 59.9 Å². The van der Waals surface area contributed by atoms with Gasteiger partial charge in [0, 0.05) is 49.8 Å². The summed E-state index contributed by atoms with van der Waals surface area (Å²) in [5.41, 5.74) is 4.64. The number of aromatic nitrogens is 2. The Morgan fingerprint density at radius 2 is 1.77 bits per heavy atom. The number of nitrogens with zero attached hydrogens (tertiary/aromatic N) is 5. The number of methoxy groups -OCH3 is 1. The molecular weight excluding hydrogens is 436 g/mol. The lowest BCUT2D eigenvalue weighted by Gasteiger charge is -2.48. The maximum atomic E-state index is 5.32. The first-order valence-corrected chi connectivity index (χ1v) is 12.5. The van der Waals surface area contributed by atoms with Crippen LogP contribution in [0.3, 0.4) is 0 Å². The molecule has 0 radical (unpaired) electrons. The molecule has 1 fully saturated rings. The van der Waals surface area contributed by atoms with E-state index in [0.29, 0.717) is 0 Å². The van der Waals surface area contributed by atoms with E-state index >= 15 is 0 Å². The number of hydrogen-bond acceptors (Lipinski definition) is 7. The molecule has 1 aliphatic heterocycles. The van der Waals surface area contributed by atoms with Crippen LogP contribution in [0, 0.1) is 6.92 Å². The summed E-state index contributed by atoms with van der Waals surface area (Å²) in [4.78, 5) is 16.6. The molecule has 2 aromatic carbocycles.